The smallest absolute Gasteiger partial charge is 0.264 e. The van der Waals surface area contributed by atoms with Gasteiger partial charge in [0.15, 0.2) is 11.5 Å². The summed E-state index contributed by atoms with van der Waals surface area (Å²) in [5.74, 6) is -0.393. The van der Waals surface area contributed by atoms with Gasteiger partial charge in [0.05, 0.1) is 24.8 Å². The van der Waals surface area contributed by atoms with Crippen LogP contribution in [0.3, 0.4) is 0 Å². The lowest BCUT2D eigenvalue weighted by molar-refractivity contribution is -0.140. The molecule has 1 N–H and O–H groups in total. The van der Waals surface area contributed by atoms with Crippen LogP contribution in [-0.2, 0) is 32.6 Å². The van der Waals surface area contributed by atoms with Crippen molar-refractivity contribution in [3.05, 3.63) is 118 Å². The lowest BCUT2D eigenvalue weighted by Crippen LogP contribution is -2.53. The first kappa shape index (κ1) is 35.6. The number of hydrogen-bond acceptors (Lipinski definition) is 6. The van der Waals surface area contributed by atoms with E-state index in [4.69, 9.17) is 32.7 Å². The molecule has 9 nitrogen and oxygen atoms in total. The van der Waals surface area contributed by atoms with Crippen LogP contribution in [0.5, 0.6) is 11.5 Å². The summed E-state index contributed by atoms with van der Waals surface area (Å²) < 4.78 is 40.2. The second-order valence-electron chi connectivity index (χ2n) is 10.6. The van der Waals surface area contributed by atoms with Gasteiger partial charge < -0.3 is 19.7 Å². The van der Waals surface area contributed by atoms with Crippen LogP contribution < -0.4 is 19.1 Å². The Kier molecular flexibility index (Phi) is 12.5. The molecule has 0 bridgehead atoms. The average molecular weight is 699 g/mol. The molecule has 0 spiro atoms. The molecule has 4 rings (SSSR count). The number of methoxy groups -OCH3 is 2. The highest BCUT2D eigenvalue weighted by Crippen LogP contribution is 2.34. The summed E-state index contributed by atoms with van der Waals surface area (Å²) in [4.78, 5) is 29.7. The maximum absolute atomic E-state index is 14.6. The van der Waals surface area contributed by atoms with Crippen molar-refractivity contribution in [1.82, 2.24) is 10.2 Å². The number of benzene rings is 4. The number of hydrogen-bond donors (Lipinski definition) is 1. The Morgan fingerprint density at radius 3 is 2.04 bits per heavy atom. The molecule has 0 aliphatic heterocycles. The molecule has 248 valence electrons. The van der Waals surface area contributed by atoms with Crippen molar-refractivity contribution in [3.8, 4) is 11.5 Å². The van der Waals surface area contributed by atoms with Gasteiger partial charge in [-0.1, -0.05) is 84.7 Å². The zero-order chi connectivity index (χ0) is 34.0. The Labute approximate surface area is 286 Å². The molecular weight excluding hydrogens is 661 g/mol. The molecule has 0 aliphatic carbocycles. The van der Waals surface area contributed by atoms with E-state index < -0.39 is 34.4 Å². The molecular formula is C35H37Cl2N3O6S. The molecule has 47 heavy (non-hydrogen) atoms. The van der Waals surface area contributed by atoms with Crippen molar-refractivity contribution < 1.29 is 27.5 Å². The summed E-state index contributed by atoms with van der Waals surface area (Å²) >= 11 is 13.1. The summed E-state index contributed by atoms with van der Waals surface area (Å²) in [6, 6.07) is 25.6. The first-order chi connectivity index (χ1) is 22.6. The Morgan fingerprint density at radius 2 is 1.45 bits per heavy atom. The second-order valence-corrected chi connectivity index (χ2v) is 13.3. The van der Waals surface area contributed by atoms with Crippen LogP contribution in [0, 0.1) is 0 Å². The molecule has 0 radical (unpaired) electrons. The molecule has 4 aromatic carbocycles. The fourth-order valence-electron chi connectivity index (χ4n) is 5.00. The van der Waals surface area contributed by atoms with Gasteiger partial charge in [0.2, 0.25) is 11.8 Å². The van der Waals surface area contributed by atoms with Crippen LogP contribution in [-0.4, -0.2) is 58.5 Å². The van der Waals surface area contributed by atoms with E-state index in [0.29, 0.717) is 34.3 Å². The number of halogens is 2. The van der Waals surface area contributed by atoms with Crippen LogP contribution in [0.1, 0.15) is 24.5 Å². The molecule has 12 heteroatoms. The van der Waals surface area contributed by atoms with Gasteiger partial charge in [-0.05, 0) is 48.4 Å². The molecule has 0 saturated heterocycles. The van der Waals surface area contributed by atoms with Crippen molar-refractivity contribution in [2.45, 2.75) is 37.2 Å². The fraction of sp³-hybridized carbons (Fsp3) is 0.257. The molecule has 0 heterocycles. The summed E-state index contributed by atoms with van der Waals surface area (Å²) in [7, 11) is -1.40. The van der Waals surface area contributed by atoms with E-state index in [-0.39, 0.29) is 29.3 Å². The monoisotopic (exact) mass is 697 g/mol. The van der Waals surface area contributed by atoms with Crippen molar-refractivity contribution in [3.63, 3.8) is 0 Å². The molecule has 1 unspecified atom stereocenters. The molecule has 1 atom stereocenters. The number of sulfonamides is 1. The summed E-state index contributed by atoms with van der Waals surface area (Å²) in [5, 5.41) is 3.52. The maximum Gasteiger partial charge on any atom is 0.264 e. The van der Waals surface area contributed by atoms with Gasteiger partial charge in [-0.2, -0.15) is 0 Å². The van der Waals surface area contributed by atoms with Crippen molar-refractivity contribution in [2.75, 3.05) is 31.6 Å². The summed E-state index contributed by atoms with van der Waals surface area (Å²) in [6.45, 7) is 1.51. The maximum atomic E-state index is 14.6. The standard InChI is InChI=1S/C35H37Cl2N3O6S/c1-4-20-38-35(42)31(21-25-12-7-5-8-13-25)39(23-28-29(36)16-11-17-30(28)37)34(41)24-40(47(43,44)27-14-9-6-10-15-27)26-18-19-32(45-2)33(22-26)46-3/h5-19,22,31H,4,20-21,23-24H2,1-3H3,(H,38,42). The number of nitrogens with one attached hydrogen (secondary N) is 1. The molecule has 4 aromatic rings. The normalized spacial score (nSPS) is 11.8. The van der Waals surface area contributed by atoms with Gasteiger partial charge in [0.1, 0.15) is 12.6 Å². The number of rotatable bonds is 15. The Balaban J connectivity index is 1.86. The Bertz CT molecular complexity index is 1750. The third-order valence-corrected chi connectivity index (χ3v) is 9.97. The molecule has 0 aliphatic rings. The first-order valence-corrected chi connectivity index (χ1v) is 17.1. The number of carbonyl (C=O) groups excluding carboxylic acids is 2. The van der Waals surface area contributed by atoms with Gasteiger partial charge in [0, 0.05) is 41.2 Å². The zero-order valence-corrected chi connectivity index (χ0v) is 28.7. The third kappa shape index (κ3) is 8.77. The quantitative estimate of drug-likeness (QED) is 0.155. The minimum absolute atomic E-state index is 0.0233. The van der Waals surface area contributed by atoms with Crippen LogP contribution in [0.2, 0.25) is 10.0 Å². The van der Waals surface area contributed by atoms with Gasteiger partial charge in [0.25, 0.3) is 10.0 Å². The summed E-state index contributed by atoms with van der Waals surface area (Å²) in [5.41, 5.74) is 1.39. The van der Waals surface area contributed by atoms with E-state index >= 15 is 0 Å². The van der Waals surface area contributed by atoms with E-state index in [0.717, 1.165) is 9.87 Å². The minimum atomic E-state index is -4.30. The van der Waals surface area contributed by atoms with E-state index in [9.17, 15) is 18.0 Å². The van der Waals surface area contributed by atoms with Gasteiger partial charge in [-0.15, -0.1) is 0 Å². The van der Waals surface area contributed by atoms with E-state index in [1.807, 2.05) is 37.3 Å². The second kappa shape index (κ2) is 16.5. The predicted molar refractivity (Wildman–Crippen MR) is 185 cm³/mol. The van der Waals surface area contributed by atoms with E-state index in [1.54, 1.807) is 42.5 Å². The molecule has 0 aromatic heterocycles. The number of amides is 2. The van der Waals surface area contributed by atoms with Gasteiger partial charge in [-0.3, -0.25) is 13.9 Å². The van der Waals surface area contributed by atoms with E-state index in [1.165, 1.54) is 43.4 Å². The number of anilines is 1. The number of nitrogens with zero attached hydrogens (tertiary/aromatic N) is 2. The largest absolute Gasteiger partial charge is 0.493 e. The lowest BCUT2D eigenvalue weighted by Gasteiger charge is -2.34. The highest BCUT2D eigenvalue weighted by molar-refractivity contribution is 7.92. The average Bonchev–Trinajstić information content (AvgIpc) is 3.09. The first-order valence-electron chi connectivity index (χ1n) is 14.9. The van der Waals surface area contributed by atoms with E-state index in [2.05, 4.69) is 5.32 Å². The van der Waals surface area contributed by atoms with Gasteiger partial charge >= 0.3 is 0 Å². The Hall–Kier alpha value is -4.25. The van der Waals surface area contributed by atoms with Crippen LogP contribution >= 0.6 is 23.2 Å². The van der Waals surface area contributed by atoms with Crippen LogP contribution in [0.15, 0.2) is 102 Å². The van der Waals surface area contributed by atoms with Crippen molar-refractivity contribution in [2.24, 2.45) is 0 Å². The molecule has 0 saturated carbocycles. The third-order valence-electron chi connectivity index (χ3n) is 7.48. The van der Waals surface area contributed by atoms with Crippen LogP contribution in [0.25, 0.3) is 0 Å². The highest BCUT2D eigenvalue weighted by Gasteiger charge is 2.35. The highest BCUT2D eigenvalue weighted by atomic mass is 35.5. The van der Waals surface area contributed by atoms with Gasteiger partial charge in [-0.25, -0.2) is 8.42 Å². The number of ether oxygens (including phenoxy) is 2. The molecule has 0 fully saturated rings. The van der Waals surface area contributed by atoms with Crippen molar-refractivity contribution in [1.29, 1.82) is 0 Å². The van der Waals surface area contributed by atoms with Crippen LogP contribution in [0.4, 0.5) is 5.69 Å². The summed E-state index contributed by atoms with van der Waals surface area (Å²) in [6.07, 6.45) is 0.836. The Morgan fingerprint density at radius 1 is 0.830 bits per heavy atom. The number of carbonyl (C=O) groups is 2. The lowest BCUT2D eigenvalue weighted by atomic mass is 10.0. The zero-order valence-electron chi connectivity index (χ0n) is 26.4. The fourth-order valence-corrected chi connectivity index (χ4v) is 6.95. The molecule has 2 amide bonds. The topological polar surface area (TPSA) is 105 Å². The SMILES string of the molecule is CCCNC(=O)C(Cc1ccccc1)N(Cc1c(Cl)cccc1Cl)C(=O)CN(c1ccc(OC)c(OC)c1)S(=O)(=O)c1ccccc1. The minimum Gasteiger partial charge on any atom is -0.493 e. The van der Waals surface area contributed by atoms with Crippen molar-refractivity contribution >= 4 is 50.7 Å². The predicted octanol–water partition coefficient (Wildman–Crippen LogP) is 6.37.